The van der Waals surface area contributed by atoms with Crippen LogP contribution in [0.15, 0.2) is 24.7 Å². The predicted octanol–water partition coefficient (Wildman–Crippen LogP) is 1.38. The van der Waals surface area contributed by atoms with Crippen molar-refractivity contribution in [2.45, 2.75) is 25.5 Å². The molecule has 4 rings (SSSR count). The van der Waals surface area contributed by atoms with Gasteiger partial charge in [-0.15, -0.1) is 10.2 Å². The van der Waals surface area contributed by atoms with Gasteiger partial charge in [-0.3, -0.25) is 4.90 Å². The molecule has 1 atom stereocenters. The van der Waals surface area contributed by atoms with Gasteiger partial charge in [-0.25, -0.2) is 4.98 Å². The number of hydrogen-bond donors (Lipinski definition) is 0. The fourth-order valence-corrected chi connectivity index (χ4v) is 3.49. The van der Waals surface area contributed by atoms with Gasteiger partial charge in [-0.1, -0.05) is 6.07 Å². The Bertz CT molecular complexity index is 664. The van der Waals surface area contributed by atoms with Crippen LogP contribution in [-0.2, 0) is 18.3 Å². The number of aromatic nitrogens is 4. The summed E-state index contributed by atoms with van der Waals surface area (Å²) in [5.41, 5.74) is 1.25. The summed E-state index contributed by atoms with van der Waals surface area (Å²) in [6, 6.07) is 4.36. The molecule has 0 saturated carbocycles. The summed E-state index contributed by atoms with van der Waals surface area (Å²) in [5.74, 6) is 2.00. The van der Waals surface area contributed by atoms with Crippen LogP contribution in [0, 0.1) is 0 Å². The predicted molar refractivity (Wildman–Crippen MR) is 90.7 cm³/mol. The Morgan fingerprint density at radius 3 is 2.79 bits per heavy atom. The summed E-state index contributed by atoms with van der Waals surface area (Å²) in [5, 5.41) is 8.13. The molecule has 0 spiro atoms. The lowest BCUT2D eigenvalue weighted by molar-refractivity contribution is -0.0385. The van der Waals surface area contributed by atoms with Crippen molar-refractivity contribution in [2.24, 2.45) is 7.05 Å². The molecule has 0 amide bonds. The number of anilines is 1. The van der Waals surface area contributed by atoms with E-state index >= 15 is 0 Å². The van der Waals surface area contributed by atoms with Crippen LogP contribution in [-0.4, -0.2) is 57.4 Å². The van der Waals surface area contributed by atoms with Crippen molar-refractivity contribution >= 4 is 5.82 Å². The molecule has 0 unspecified atom stereocenters. The van der Waals surface area contributed by atoms with Crippen LogP contribution in [0.2, 0.25) is 0 Å². The van der Waals surface area contributed by atoms with Gasteiger partial charge in [-0.2, -0.15) is 0 Å². The van der Waals surface area contributed by atoms with Crippen LogP contribution in [0.4, 0.5) is 5.82 Å². The zero-order chi connectivity index (χ0) is 16.4. The van der Waals surface area contributed by atoms with E-state index in [2.05, 4.69) is 37.1 Å². The highest BCUT2D eigenvalue weighted by Gasteiger charge is 2.25. The van der Waals surface area contributed by atoms with Gasteiger partial charge in [0.25, 0.3) is 0 Å². The second kappa shape index (κ2) is 6.86. The maximum Gasteiger partial charge on any atom is 0.163 e. The highest BCUT2D eigenvalue weighted by molar-refractivity contribution is 5.40. The first-order valence-corrected chi connectivity index (χ1v) is 8.67. The van der Waals surface area contributed by atoms with Gasteiger partial charge in [0.1, 0.15) is 18.2 Å². The third-order valence-corrected chi connectivity index (χ3v) is 4.83. The second-order valence-corrected chi connectivity index (χ2v) is 6.61. The molecular formula is C17H24N6O. The lowest BCUT2D eigenvalue weighted by atomic mass is 10.2. The lowest BCUT2D eigenvalue weighted by Crippen LogP contribution is -2.38. The maximum atomic E-state index is 5.87. The van der Waals surface area contributed by atoms with E-state index < -0.39 is 0 Å². The van der Waals surface area contributed by atoms with Crippen molar-refractivity contribution in [3.05, 3.63) is 36.0 Å². The van der Waals surface area contributed by atoms with Crippen molar-refractivity contribution in [1.29, 1.82) is 0 Å². The molecule has 0 aromatic carbocycles. The Hall–Kier alpha value is -1.99. The number of rotatable bonds is 4. The number of pyridine rings is 1. The van der Waals surface area contributed by atoms with Crippen molar-refractivity contribution in [3.63, 3.8) is 0 Å². The fraction of sp³-hybridized carbons (Fsp3) is 0.588. The van der Waals surface area contributed by atoms with Crippen LogP contribution >= 0.6 is 0 Å². The summed E-state index contributed by atoms with van der Waals surface area (Å²) in [4.78, 5) is 9.41. The lowest BCUT2D eigenvalue weighted by Gasteiger charge is -2.32. The molecule has 128 valence electrons. The Labute approximate surface area is 142 Å². The van der Waals surface area contributed by atoms with Gasteiger partial charge in [0.05, 0.1) is 6.61 Å². The molecule has 2 aliphatic rings. The van der Waals surface area contributed by atoms with Crippen molar-refractivity contribution in [2.75, 3.05) is 37.7 Å². The summed E-state index contributed by atoms with van der Waals surface area (Å²) in [6.07, 6.45) is 6.28. The molecule has 2 fully saturated rings. The van der Waals surface area contributed by atoms with E-state index in [1.54, 1.807) is 6.33 Å². The van der Waals surface area contributed by atoms with Crippen LogP contribution in [0.1, 0.15) is 30.3 Å². The average Bonchev–Trinajstić information content (AvgIpc) is 3.27. The standard InChI is InChI=1S/C17H24N6O/c1-21-13-19-20-17(21)15-12-22(8-9-24-15)11-14-4-5-16(18-10-14)23-6-2-3-7-23/h4-5,10,13,15H,2-3,6-9,11-12H2,1H3/t15-/m1/s1. The third-order valence-electron chi connectivity index (χ3n) is 4.83. The van der Waals surface area contributed by atoms with Gasteiger partial charge >= 0.3 is 0 Å². The average molecular weight is 328 g/mol. The third kappa shape index (κ3) is 3.27. The van der Waals surface area contributed by atoms with E-state index in [4.69, 9.17) is 4.74 Å². The van der Waals surface area contributed by atoms with Crippen molar-refractivity contribution in [3.8, 4) is 0 Å². The van der Waals surface area contributed by atoms with Gasteiger partial charge < -0.3 is 14.2 Å². The minimum Gasteiger partial charge on any atom is -0.368 e. The number of aryl methyl sites for hydroxylation is 1. The maximum absolute atomic E-state index is 5.87. The molecule has 7 nitrogen and oxygen atoms in total. The molecule has 24 heavy (non-hydrogen) atoms. The normalized spacial score (nSPS) is 22.2. The first kappa shape index (κ1) is 15.5. The summed E-state index contributed by atoms with van der Waals surface area (Å²) >= 11 is 0. The second-order valence-electron chi connectivity index (χ2n) is 6.61. The van der Waals surface area contributed by atoms with Crippen LogP contribution < -0.4 is 4.90 Å². The van der Waals surface area contributed by atoms with Crippen molar-refractivity contribution < 1.29 is 4.74 Å². The van der Waals surface area contributed by atoms with Crippen LogP contribution in [0.25, 0.3) is 0 Å². The van der Waals surface area contributed by atoms with Gasteiger partial charge in [0.2, 0.25) is 0 Å². The summed E-state index contributed by atoms with van der Waals surface area (Å²) in [6.45, 7) is 5.65. The molecular weight excluding hydrogens is 304 g/mol. The van der Waals surface area contributed by atoms with E-state index in [1.165, 1.54) is 18.4 Å². The molecule has 0 aliphatic carbocycles. The number of morpholine rings is 1. The Morgan fingerprint density at radius 2 is 2.08 bits per heavy atom. The SMILES string of the molecule is Cn1cnnc1[C@H]1CN(Cc2ccc(N3CCCC3)nc2)CCO1. The quantitative estimate of drug-likeness (QED) is 0.845. The minimum atomic E-state index is -0.0110. The Balaban J connectivity index is 1.38. The topological polar surface area (TPSA) is 59.3 Å². The van der Waals surface area contributed by atoms with E-state index in [9.17, 15) is 0 Å². The number of hydrogen-bond acceptors (Lipinski definition) is 6. The van der Waals surface area contributed by atoms with E-state index in [1.807, 2.05) is 17.8 Å². The Morgan fingerprint density at radius 1 is 1.21 bits per heavy atom. The number of ether oxygens (including phenoxy) is 1. The van der Waals surface area contributed by atoms with Gasteiger partial charge in [0.15, 0.2) is 5.82 Å². The Kier molecular flexibility index (Phi) is 4.44. The van der Waals surface area contributed by atoms with E-state index in [-0.39, 0.29) is 6.10 Å². The molecule has 0 radical (unpaired) electrons. The fourth-order valence-electron chi connectivity index (χ4n) is 3.49. The molecule has 7 heteroatoms. The minimum absolute atomic E-state index is 0.0110. The highest BCUT2D eigenvalue weighted by atomic mass is 16.5. The van der Waals surface area contributed by atoms with Gasteiger partial charge in [0, 0.05) is 46.0 Å². The molecule has 2 aromatic rings. The van der Waals surface area contributed by atoms with E-state index in [0.717, 1.165) is 51.0 Å². The molecule has 2 saturated heterocycles. The highest BCUT2D eigenvalue weighted by Crippen LogP contribution is 2.22. The molecule has 2 aromatic heterocycles. The monoisotopic (exact) mass is 328 g/mol. The first-order chi connectivity index (χ1) is 11.8. The first-order valence-electron chi connectivity index (χ1n) is 8.67. The molecule has 4 heterocycles. The van der Waals surface area contributed by atoms with Crippen molar-refractivity contribution in [1.82, 2.24) is 24.6 Å². The van der Waals surface area contributed by atoms with Gasteiger partial charge in [-0.05, 0) is 24.5 Å². The molecule has 0 bridgehead atoms. The number of nitrogens with zero attached hydrogens (tertiary/aromatic N) is 6. The smallest absolute Gasteiger partial charge is 0.163 e. The summed E-state index contributed by atoms with van der Waals surface area (Å²) in [7, 11) is 1.96. The van der Waals surface area contributed by atoms with E-state index in [0.29, 0.717) is 0 Å². The molecule has 0 N–H and O–H groups in total. The van der Waals surface area contributed by atoms with Crippen LogP contribution in [0.3, 0.4) is 0 Å². The summed E-state index contributed by atoms with van der Waals surface area (Å²) < 4.78 is 7.80. The van der Waals surface area contributed by atoms with Crippen LogP contribution in [0.5, 0.6) is 0 Å². The zero-order valence-electron chi connectivity index (χ0n) is 14.1. The largest absolute Gasteiger partial charge is 0.368 e. The zero-order valence-corrected chi connectivity index (χ0v) is 14.1. The molecule has 2 aliphatic heterocycles.